The molecule has 4 nitrogen and oxygen atoms in total. The molecular weight excluding hydrogens is 260 g/mol. The Morgan fingerprint density at radius 3 is 2.67 bits per heavy atom. The molecule has 0 saturated heterocycles. The molecule has 0 aliphatic heterocycles. The predicted octanol–water partition coefficient (Wildman–Crippen LogP) is 2.19. The van der Waals surface area contributed by atoms with E-state index in [9.17, 15) is 0 Å². The van der Waals surface area contributed by atoms with Gasteiger partial charge in [0.1, 0.15) is 0 Å². The van der Waals surface area contributed by atoms with Crippen LogP contribution in [0.1, 0.15) is 11.3 Å². The Kier molecular flexibility index (Phi) is 3.99. The zero-order valence-electron chi connectivity index (χ0n) is 12.2. The molecule has 1 heterocycles. The van der Waals surface area contributed by atoms with Crippen molar-refractivity contribution in [1.82, 2.24) is 15.2 Å². The van der Waals surface area contributed by atoms with Crippen LogP contribution >= 0.6 is 0 Å². The van der Waals surface area contributed by atoms with E-state index in [0.29, 0.717) is 0 Å². The summed E-state index contributed by atoms with van der Waals surface area (Å²) in [6, 6.07) is 17.1. The van der Waals surface area contributed by atoms with Crippen LogP contribution in [0.5, 0.6) is 0 Å². The fraction of sp³-hybridized carbons (Fsp3) is 0.235. The molecule has 1 unspecified atom stereocenters. The van der Waals surface area contributed by atoms with E-state index >= 15 is 0 Å². The minimum atomic E-state index is 0.172. The van der Waals surface area contributed by atoms with Gasteiger partial charge in [0.2, 0.25) is 0 Å². The lowest BCUT2D eigenvalue weighted by Gasteiger charge is -2.16. The van der Waals surface area contributed by atoms with Gasteiger partial charge in [-0.3, -0.25) is 16.0 Å². The van der Waals surface area contributed by atoms with E-state index in [1.54, 1.807) is 0 Å². The van der Waals surface area contributed by atoms with E-state index in [1.807, 2.05) is 24.0 Å². The van der Waals surface area contributed by atoms with E-state index in [0.717, 1.165) is 18.5 Å². The first-order valence-corrected chi connectivity index (χ1v) is 7.17. The molecule has 0 spiro atoms. The summed E-state index contributed by atoms with van der Waals surface area (Å²) in [5, 5.41) is 6.98. The molecule has 3 N–H and O–H groups in total. The third-order valence-corrected chi connectivity index (χ3v) is 3.81. The van der Waals surface area contributed by atoms with Gasteiger partial charge in [-0.05, 0) is 28.8 Å². The lowest BCUT2D eigenvalue weighted by atomic mass is 9.97. The molecule has 3 rings (SSSR count). The van der Waals surface area contributed by atoms with E-state index in [2.05, 4.69) is 53.0 Å². The summed E-state index contributed by atoms with van der Waals surface area (Å²) in [6.07, 6.45) is 3.66. The van der Waals surface area contributed by atoms with E-state index in [4.69, 9.17) is 5.84 Å². The largest absolute Gasteiger partial charge is 0.276 e. The van der Waals surface area contributed by atoms with Gasteiger partial charge in [0.25, 0.3) is 0 Å². The Morgan fingerprint density at radius 2 is 1.90 bits per heavy atom. The summed E-state index contributed by atoms with van der Waals surface area (Å²) in [5.41, 5.74) is 5.29. The number of aryl methyl sites for hydroxylation is 1. The second-order valence-corrected chi connectivity index (χ2v) is 5.39. The van der Waals surface area contributed by atoms with Gasteiger partial charge in [0.15, 0.2) is 0 Å². The maximum Gasteiger partial charge on any atom is 0.0640 e. The fourth-order valence-electron chi connectivity index (χ4n) is 2.75. The number of nitrogens with one attached hydrogen (secondary N) is 1. The number of hydrogen-bond acceptors (Lipinski definition) is 3. The van der Waals surface area contributed by atoms with Gasteiger partial charge in [0, 0.05) is 25.7 Å². The zero-order chi connectivity index (χ0) is 14.7. The number of rotatable bonds is 5. The van der Waals surface area contributed by atoms with Gasteiger partial charge in [-0.1, -0.05) is 42.5 Å². The number of nitrogens with two attached hydrogens (primary N) is 1. The molecule has 0 amide bonds. The quantitative estimate of drug-likeness (QED) is 0.556. The van der Waals surface area contributed by atoms with Crippen LogP contribution in [0.3, 0.4) is 0 Å². The van der Waals surface area contributed by atoms with Crippen LogP contribution in [0.25, 0.3) is 10.8 Å². The van der Waals surface area contributed by atoms with Crippen molar-refractivity contribution in [1.29, 1.82) is 0 Å². The van der Waals surface area contributed by atoms with E-state index < -0.39 is 0 Å². The average molecular weight is 280 g/mol. The third-order valence-electron chi connectivity index (χ3n) is 3.81. The van der Waals surface area contributed by atoms with Crippen LogP contribution in [0.4, 0.5) is 0 Å². The Labute approximate surface area is 124 Å². The molecule has 0 aliphatic carbocycles. The Morgan fingerprint density at radius 1 is 1.10 bits per heavy atom. The Balaban J connectivity index is 1.82. The van der Waals surface area contributed by atoms with Crippen molar-refractivity contribution in [2.75, 3.05) is 0 Å². The van der Waals surface area contributed by atoms with Gasteiger partial charge in [0.05, 0.1) is 5.69 Å². The summed E-state index contributed by atoms with van der Waals surface area (Å²) < 4.78 is 1.82. The molecule has 108 valence electrons. The lowest BCUT2D eigenvalue weighted by Crippen LogP contribution is -2.38. The molecule has 1 aromatic heterocycles. The van der Waals surface area contributed by atoms with Crippen molar-refractivity contribution in [3.8, 4) is 0 Å². The van der Waals surface area contributed by atoms with Gasteiger partial charge < -0.3 is 0 Å². The van der Waals surface area contributed by atoms with Gasteiger partial charge in [-0.2, -0.15) is 5.10 Å². The number of hydrazine groups is 1. The molecule has 3 aromatic rings. The number of hydrogen-bond donors (Lipinski definition) is 2. The SMILES string of the molecule is Cn1ccc(CC(Cc2cccc3ccccc23)NN)n1. The monoisotopic (exact) mass is 280 g/mol. The summed E-state index contributed by atoms with van der Waals surface area (Å²) in [4.78, 5) is 0. The van der Waals surface area contributed by atoms with Crippen LogP contribution in [0.15, 0.2) is 54.7 Å². The smallest absolute Gasteiger partial charge is 0.0640 e. The molecule has 0 bridgehead atoms. The molecule has 2 aromatic carbocycles. The molecule has 0 radical (unpaired) electrons. The second-order valence-electron chi connectivity index (χ2n) is 5.39. The molecule has 4 heteroatoms. The van der Waals surface area contributed by atoms with E-state index in [1.165, 1.54) is 16.3 Å². The van der Waals surface area contributed by atoms with Crippen molar-refractivity contribution in [2.24, 2.45) is 12.9 Å². The standard InChI is InChI=1S/C17H20N4/c1-21-10-9-15(20-21)12-16(19-18)11-14-7-4-6-13-5-2-3-8-17(13)14/h2-10,16,19H,11-12,18H2,1H3. The summed E-state index contributed by atoms with van der Waals surface area (Å²) in [7, 11) is 1.93. The van der Waals surface area contributed by atoms with Crippen molar-refractivity contribution < 1.29 is 0 Å². The van der Waals surface area contributed by atoms with Gasteiger partial charge in [-0.25, -0.2) is 0 Å². The highest BCUT2D eigenvalue weighted by Gasteiger charge is 2.12. The van der Waals surface area contributed by atoms with E-state index in [-0.39, 0.29) is 6.04 Å². The van der Waals surface area contributed by atoms with Crippen LogP contribution in [-0.4, -0.2) is 15.8 Å². The fourth-order valence-corrected chi connectivity index (χ4v) is 2.75. The Hall–Kier alpha value is -2.17. The second kappa shape index (κ2) is 6.08. The van der Waals surface area contributed by atoms with Crippen LogP contribution in [0.2, 0.25) is 0 Å². The summed E-state index contributed by atoms with van der Waals surface area (Å²) in [5.74, 6) is 5.73. The number of aromatic nitrogens is 2. The number of nitrogens with zero attached hydrogens (tertiary/aromatic N) is 2. The summed E-state index contributed by atoms with van der Waals surface area (Å²) >= 11 is 0. The number of benzene rings is 2. The van der Waals surface area contributed by atoms with Crippen molar-refractivity contribution >= 4 is 10.8 Å². The average Bonchev–Trinajstić information content (AvgIpc) is 2.92. The normalized spacial score (nSPS) is 12.7. The predicted molar refractivity (Wildman–Crippen MR) is 85.7 cm³/mol. The van der Waals surface area contributed by atoms with Crippen molar-refractivity contribution in [3.63, 3.8) is 0 Å². The minimum Gasteiger partial charge on any atom is -0.276 e. The van der Waals surface area contributed by atoms with Crippen molar-refractivity contribution in [3.05, 3.63) is 66.0 Å². The van der Waals surface area contributed by atoms with Gasteiger partial charge in [-0.15, -0.1) is 0 Å². The Bertz CT molecular complexity index is 727. The molecule has 21 heavy (non-hydrogen) atoms. The first kappa shape index (κ1) is 13.8. The van der Waals surface area contributed by atoms with Crippen LogP contribution in [0, 0.1) is 0 Å². The highest BCUT2D eigenvalue weighted by Crippen LogP contribution is 2.20. The third kappa shape index (κ3) is 3.12. The van der Waals surface area contributed by atoms with Crippen molar-refractivity contribution in [2.45, 2.75) is 18.9 Å². The highest BCUT2D eigenvalue weighted by molar-refractivity contribution is 5.85. The molecule has 0 saturated carbocycles. The maximum absolute atomic E-state index is 5.73. The molecule has 0 aliphatic rings. The molecular formula is C17H20N4. The lowest BCUT2D eigenvalue weighted by molar-refractivity contribution is 0.515. The van der Waals surface area contributed by atoms with Gasteiger partial charge >= 0.3 is 0 Å². The highest BCUT2D eigenvalue weighted by atomic mass is 15.3. The molecule has 1 atom stereocenters. The first-order chi connectivity index (χ1) is 10.3. The maximum atomic E-state index is 5.73. The topological polar surface area (TPSA) is 55.9 Å². The van der Waals surface area contributed by atoms with Crippen LogP contribution in [-0.2, 0) is 19.9 Å². The zero-order valence-corrected chi connectivity index (χ0v) is 12.2. The van der Waals surface area contributed by atoms with Crippen LogP contribution < -0.4 is 11.3 Å². The minimum absolute atomic E-state index is 0.172. The first-order valence-electron chi connectivity index (χ1n) is 7.17. The summed E-state index contributed by atoms with van der Waals surface area (Å²) in [6.45, 7) is 0. The number of fused-ring (bicyclic) bond motifs is 1. The molecule has 0 fully saturated rings.